The van der Waals surface area contributed by atoms with Gasteiger partial charge in [-0.1, -0.05) is 30.3 Å². The van der Waals surface area contributed by atoms with Crippen molar-refractivity contribution < 1.29 is 18.3 Å². The normalized spacial score (nSPS) is 12.0. The molecule has 2 aromatic carbocycles. The summed E-state index contributed by atoms with van der Waals surface area (Å²) in [5, 5.41) is 2.94. The summed E-state index contributed by atoms with van der Waals surface area (Å²) in [6.45, 7) is -0.810. The van der Waals surface area contributed by atoms with Gasteiger partial charge >= 0.3 is 6.61 Å². The van der Waals surface area contributed by atoms with E-state index in [1.165, 1.54) is 41.6 Å². The molecule has 0 aliphatic rings. The highest BCUT2D eigenvalue weighted by Gasteiger charge is 2.10. The van der Waals surface area contributed by atoms with E-state index in [1.54, 1.807) is 0 Å². The average Bonchev–Trinajstić information content (AvgIpc) is 2.55. The van der Waals surface area contributed by atoms with Gasteiger partial charge in [0.05, 0.1) is 5.75 Å². The molecule has 0 aliphatic carbocycles. The lowest BCUT2D eigenvalue weighted by atomic mass is 10.2. The van der Waals surface area contributed by atoms with E-state index in [1.807, 2.05) is 37.3 Å². The van der Waals surface area contributed by atoms with Crippen molar-refractivity contribution in [2.24, 2.45) is 0 Å². The number of carbonyl (C=O) groups excluding carboxylic acids is 1. The molecular weight excluding hydrogens is 320 g/mol. The second-order valence-electron chi connectivity index (χ2n) is 4.81. The molecule has 0 spiro atoms. The average molecular weight is 337 g/mol. The number of amides is 1. The number of nitrogens with one attached hydrogen (secondary N) is 1. The number of ether oxygens (including phenoxy) is 1. The highest BCUT2D eigenvalue weighted by molar-refractivity contribution is 8.00. The summed E-state index contributed by atoms with van der Waals surface area (Å²) in [6.07, 6.45) is 0. The summed E-state index contributed by atoms with van der Waals surface area (Å²) in [5.41, 5.74) is 1.71. The van der Waals surface area contributed by atoms with Crippen LogP contribution >= 0.6 is 11.8 Å². The zero-order valence-corrected chi connectivity index (χ0v) is 13.4. The molecule has 6 heteroatoms. The Morgan fingerprint density at radius 3 is 2.39 bits per heavy atom. The van der Waals surface area contributed by atoms with Crippen molar-refractivity contribution in [1.29, 1.82) is 0 Å². The first-order valence-corrected chi connectivity index (χ1v) is 8.11. The molecule has 1 atom stereocenters. The summed E-state index contributed by atoms with van der Waals surface area (Å²) in [7, 11) is 0. The fraction of sp³-hybridized carbons (Fsp3) is 0.235. The van der Waals surface area contributed by atoms with Gasteiger partial charge in [0.2, 0.25) is 5.91 Å². The van der Waals surface area contributed by atoms with Crippen LogP contribution in [0.5, 0.6) is 5.75 Å². The van der Waals surface area contributed by atoms with Crippen molar-refractivity contribution in [3.05, 3.63) is 60.2 Å². The monoisotopic (exact) mass is 337 g/mol. The van der Waals surface area contributed by atoms with Crippen molar-refractivity contribution in [3.8, 4) is 5.75 Å². The van der Waals surface area contributed by atoms with E-state index in [4.69, 9.17) is 0 Å². The van der Waals surface area contributed by atoms with Gasteiger partial charge in [-0.3, -0.25) is 4.79 Å². The molecule has 122 valence electrons. The molecule has 2 aromatic rings. The van der Waals surface area contributed by atoms with Gasteiger partial charge in [-0.15, -0.1) is 11.8 Å². The van der Waals surface area contributed by atoms with Gasteiger partial charge < -0.3 is 10.1 Å². The predicted molar refractivity (Wildman–Crippen MR) is 89.0 cm³/mol. The highest BCUT2D eigenvalue weighted by atomic mass is 32.2. The minimum atomic E-state index is -2.86. The molecule has 3 nitrogen and oxygen atoms in total. The van der Waals surface area contributed by atoms with E-state index in [0.717, 1.165) is 0 Å². The van der Waals surface area contributed by atoms with Crippen molar-refractivity contribution >= 4 is 23.4 Å². The number of benzene rings is 2. The van der Waals surface area contributed by atoms with Crippen LogP contribution in [0.15, 0.2) is 54.6 Å². The number of anilines is 1. The van der Waals surface area contributed by atoms with Gasteiger partial charge in [-0.25, -0.2) is 0 Å². The van der Waals surface area contributed by atoms with Crippen LogP contribution in [-0.4, -0.2) is 18.3 Å². The van der Waals surface area contributed by atoms with Crippen LogP contribution in [0.1, 0.15) is 17.7 Å². The lowest BCUT2D eigenvalue weighted by Crippen LogP contribution is -2.14. The standard InChI is InChI=1S/C17H17F2NO2S/c1-12(13-5-3-2-4-6-13)23-11-16(21)20-14-7-9-15(10-8-14)22-17(18)19/h2-10,12,17H,11H2,1H3,(H,20,21)/t12-/m1/s1. The molecule has 0 fully saturated rings. The fourth-order valence-electron chi connectivity index (χ4n) is 1.94. The largest absolute Gasteiger partial charge is 0.435 e. The molecule has 0 saturated carbocycles. The Labute approximate surface area is 138 Å². The molecule has 0 unspecified atom stereocenters. The molecule has 0 aliphatic heterocycles. The SMILES string of the molecule is C[C@@H](SCC(=O)Nc1ccc(OC(F)F)cc1)c1ccccc1. The van der Waals surface area contributed by atoms with Gasteiger partial charge in [0.15, 0.2) is 0 Å². The van der Waals surface area contributed by atoms with E-state index < -0.39 is 6.61 Å². The first-order chi connectivity index (χ1) is 11.0. The van der Waals surface area contributed by atoms with Crippen molar-refractivity contribution in [2.45, 2.75) is 18.8 Å². The lowest BCUT2D eigenvalue weighted by Gasteiger charge is -2.12. The van der Waals surface area contributed by atoms with E-state index in [9.17, 15) is 13.6 Å². The van der Waals surface area contributed by atoms with Crippen LogP contribution in [0.25, 0.3) is 0 Å². The first-order valence-electron chi connectivity index (χ1n) is 7.06. The van der Waals surface area contributed by atoms with Gasteiger partial charge in [-0.05, 0) is 36.8 Å². The molecule has 1 amide bonds. The summed E-state index contributed by atoms with van der Waals surface area (Å²) < 4.78 is 28.4. The molecule has 0 heterocycles. The van der Waals surface area contributed by atoms with Crippen LogP contribution in [0.2, 0.25) is 0 Å². The highest BCUT2D eigenvalue weighted by Crippen LogP contribution is 2.27. The number of rotatable bonds is 7. The predicted octanol–water partition coefficient (Wildman–Crippen LogP) is 4.72. The zero-order chi connectivity index (χ0) is 16.7. The summed E-state index contributed by atoms with van der Waals surface area (Å²) in [6, 6.07) is 15.8. The third kappa shape index (κ3) is 5.90. The van der Waals surface area contributed by atoms with E-state index >= 15 is 0 Å². The summed E-state index contributed by atoms with van der Waals surface area (Å²) in [4.78, 5) is 11.9. The molecule has 0 saturated heterocycles. The quantitative estimate of drug-likeness (QED) is 0.794. The second kappa shape index (κ2) is 8.53. The molecule has 2 rings (SSSR count). The van der Waals surface area contributed by atoms with Gasteiger partial charge in [0.1, 0.15) is 5.75 Å². The number of alkyl halides is 2. The van der Waals surface area contributed by atoms with Crippen LogP contribution in [0.4, 0.5) is 14.5 Å². The maximum absolute atomic E-state index is 12.1. The van der Waals surface area contributed by atoms with Gasteiger partial charge in [0, 0.05) is 10.9 Å². The molecule has 23 heavy (non-hydrogen) atoms. The number of hydrogen-bond donors (Lipinski definition) is 1. The number of thioether (sulfide) groups is 1. The van der Waals surface area contributed by atoms with Gasteiger partial charge in [0.25, 0.3) is 0 Å². The van der Waals surface area contributed by atoms with Gasteiger partial charge in [-0.2, -0.15) is 8.78 Å². The van der Waals surface area contributed by atoms with Crippen LogP contribution < -0.4 is 10.1 Å². The van der Waals surface area contributed by atoms with E-state index in [-0.39, 0.29) is 16.9 Å². The van der Waals surface area contributed by atoms with Crippen molar-refractivity contribution in [2.75, 3.05) is 11.1 Å². The van der Waals surface area contributed by atoms with Crippen LogP contribution in [-0.2, 0) is 4.79 Å². The third-order valence-electron chi connectivity index (χ3n) is 3.10. The number of halogens is 2. The summed E-state index contributed by atoms with van der Waals surface area (Å²) >= 11 is 1.53. The Morgan fingerprint density at radius 2 is 1.78 bits per heavy atom. The Bertz CT molecular complexity index is 620. The molecule has 0 radical (unpaired) electrons. The third-order valence-corrected chi connectivity index (χ3v) is 4.30. The van der Waals surface area contributed by atoms with Crippen molar-refractivity contribution in [1.82, 2.24) is 0 Å². The Balaban J connectivity index is 1.80. The summed E-state index contributed by atoms with van der Waals surface area (Å²) in [5.74, 6) is 0.233. The first kappa shape index (κ1) is 17.3. The second-order valence-corrected chi connectivity index (χ2v) is 6.14. The Hall–Kier alpha value is -2.08. The smallest absolute Gasteiger partial charge is 0.387 e. The number of carbonyl (C=O) groups is 1. The molecule has 0 aromatic heterocycles. The zero-order valence-electron chi connectivity index (χ0n) is 12.5. The van der Waals surface area contributed by atoms with Crippen molar-refractivity contribution in [3.63, 3.8) is 0 Å². The number of hydrogen-bond acceptors (Lipinski definition) is 3. The van der Waals surface area contributed by atoms with Crippen LogP contribution in [0, 0.1) is 0 Å². The maximum atomic E-state index is 12.1. The maximum Gasteiger partial charge on any atom is 0.387 e. The Kier molecular flexibility index (Phi) is 6.40. The van der Waals surface area contributed by atoms with Crippen LogP contribution in [0.3, 0.4) is 0 Å². The molecule has 1 N–H and O–H groups in total. The Morgan fingerprint density at radius 1 is 1.13 bits per heavy atom. The molecular formula is C17H17F2NO2S. The van der Waals surface area contributed by atoms with E-state index in [2.05, 4.69) is 10.1 Å². The van der Waals surface area contributed by atoms with E-state index in [0.29, 0.717) is 11.4 Å². The molecule has 0 bridgehead atoms. The fourth-order valence-corrected chi connectivity index (χ4v) is 2.76. The lowest BCUT2D eigenvalue weighted by molar-refractivity contribution is -0.113. The minimum absolute atomic E-state index is 0.0603. The topological polar surface area (TPSA) is 38.3 Å². The minimum Gasteiger partial charge on any atom is -0.435 e.